The molecule has 3 aromatic rings. The highest BCUT2D eigenvalue weighted by atomic mass is 31.0. The quantitative estimate of drug-likeness (QED) is 0.118. The second kappa shape index (κ2) is 22.2. The largest absolute Gasteiger partial charge is 0.387 e. The minimum absolute atomic E-state index is 0.0500. The van der Waals surface area contributed by atoms with Crippen molar-refractivity contribution in [2.75, 3.05) is 26.7 Å². The highest BCUT2D eigenvalue weighted by Gasteiger charge is 2.39. The fraction of sp³-hybridized carbons (Fsp3) is 0.489. The molecule has 2 aromatic carbocycles. The Labute approximate surface area is 373 Å². The predicted molar refractivity (Wildman–Crippen MR) is 245 cm³/mol. The molecule has 6 unspecified atom stereocenters. The highest BCUT2D eigenvalue weighted by molar-refractivity contribution is 7.28. The number of nitrogens with one attached hydrogen (secondary N) is 4. The number of hydrogen-bond acceptors (Lipinski definition) is 8. The van der Waals surface area contributed by atoms with Crippen molar-refractivity contribution >= 4 is 69.2 Å². The topological polar surface area (TPSA) is 225 Å². The van der Waals surface area contributed by atoms with Gasteiger partial charge in [0.25, 0.3) is 0 Å². The van der Waals surface area contributed by atoms with E-state index in [9.17, 15) is 38.7 Å². The summed E-state index contributed by atoms with van der Waals surface area (Å²) in [5, 5.41) is 22.1. The molecule has 7 amide bonds. The predicted octanol–water partition coefficient (Wildman–Crippen LogP) is 0.539. The van der Waals surface area contributed by atoms with Crippen molar-refractivity contribution in [3.05, 3.63) is 72.1 Å². The van der Waals surface area contributed by atoms with Gasteiger partial charge < -0.3 is 46.5 Å². The Morgan fingerprint density at radius 3 is 2.24 bits per heavy atom. The molecule has 16 nitrogen and oxygen atoms in total. The molecule has 1 fully saturated rings. The zero-order chi connectivity index (χ0) is 46.8. The molecule has 1 aliphatic rings. The van der Waals surface area contributed by atoms with Gasteiger partial charge in [-0.25, -0.2) is 0 Å². The SMILES string of the molecule is [B]c1ccc(P)c(-c2cc(C(N(CCC3NC(=O)C(CC(N)=O)NC(=O)CN(C)C(=O)[C@H](C)NC(=O)CCC(C)C(C)NC3=O)C(=O)CO)C(C)(C)C)n(Cc3ccccc3)c2)c1. The second-order valence-electron chi connectivity index (χ2n) is 17.6. The monoisotopic (exact) mass is 884 g/mol. The zero-order valence-corrected chi connectivity index (χ0v) is 38.4. The Kier molecular flexibility index (Phi) is 17.7. The first kappa shape index (κ1) is 50.1. The van der Waals surface area contributed by atoms with Crippen molar-refractivity contribution < 1.29 is 38.7 Å². The van der Waals surface area contributed by atoms with Crippen molar-refractivity contribution in [1.29, 1.82) is 0 Å². The lowest BCUT2D eigenvalue weighted by Crippen LogP contribution is -2.58. The summed E-state index contributed by atoms with van der Waals surface area (Å²) in [6.07, 6.45) is 1.60. The zero-order valence-electron chi connectivity index (χ0n) is 37.3. The number of benzene rings is 2. The first-order chi connectivity index (χ1) is 29.6. The third-order valence-corrected chi connectivity index (χ3v) is 11.8. The smallest absolute Gasteiger partial charge is 0.248 e. The van der Waals surface area contributed by atoms with Crippen molar-refractivity contribution in [3.63, 3.8) is 0 Å². The summed E-state index contributed by atoms with van der Waals surface area (Å²) in [4.78, 5) is 96.1. The molecule has 4 rings (SSSR count). The number of likely N-dealkylation sites (N-methyl/N-ethyl adjacent to an activating group) is 1. The van der Waals surface area contributed by atoms with Gasteiger partial charge in [0.2, 0.25) is 41.4 Å². The summed E-state index contributed by atoms with van der Waals surface area (Å²) >= 11 is 0. The van der Waals surface area contributed by atoms with E-state index in [1.54, 1.807) is 6.92 Å². The van der Waals surface area contributed by atoms with E-state index in [0.717, 1.165) is 32.6 Å². The van der Waals surface area contributed by atoms with Crippen LogP contribution in [0.4, 0.5) is 0 Å². The summed E-state index contributed by atoms with van der Waals surface area (Å²) in [5.41, 5.74) is 8.85. The average Bonchev–Trinajstić information content (AvgIpc) is 3.61. The van der Waals surface area contributed by atoms with E-state index in [4.69, 9.17) is 13.6 Å². The molecule has 2 radical (unpaired) electrons. The standard InChI is InChI=1S/C45H62BN8O8P/c1-26-13-16-38(57)48-28(3)44(62)52(7)24-39(58)50-34(21-37(47)56)43(61)51-33(42(60)49-27(26)2)17-18-54(40(59)25-55)41(45(4,5)6)35-19-30(32-20-31(46)14-15-36(32)63)23-53(35)22-29-11-9-8-10-12-29/h8-12,14-15,19-20,23,26-28,33-34,41,55H,13,16-18,21-22,24-25,63H2,1-7H3,(H2,47,56)(H,48,57)(H,49,60)(H,50,58)(H,51,61)/t26?,27?,28-,33?,34?,41?/m0/s1. The lowest BCUT2D eigenvalue weighted by molar-refractivity contribution is -0.140. The van der Waals surface area contributed by atoms with Gasteiger partial charge in [-0.3, -0.25) is 33.6 Å². The van der Waals surface area contributed by atoms with Crippen molar-refractivity contribution in [2.24, 2.45) is 17.1 Å². The van der Waals surface area contributed by atoms with Crippen LogP contribution in [0.5, 0.6) is 0 Å². The van der Waals surface area contributed by atoms with Crippen molar-refractivity contribution in [3.8, 4) is 11.1 Å². The molecule has 338 valence electrons. The van der Waals surface area contributed by atoms with Crippen LogP contribution in [0.2, 0.25) is 0 Å². The van der Waals surface area contributed by atoms with E-state index in [0.29, 0.717) is 18.4 Å². The second-order valence-corrected chi connectivity index (χ2v) is 18.2. The van der Waals surface area contributed by atoms with E-state index < -0.39 is 96.5 Å². The molecule has 0 spiro atoms. The molecule has 7 atom stereocenters. The summed E-state index contributed by atoms with van der Waals surface area (Å²) in [6, 6.07) is 12.4. The van der Waals surface area contributed by atoms with E-state index in [1.807, 2.05) is 88.5 Å². The Morgan fingerprint density at radius 1 is 0.937 bits per heavy atom. The van der Waals surface area contributed by atoms with Crippen LogP contribution in [-0.2, 0) is 40.1 Å². The van der Waals surface area contributed by atoms with Gasteiger partial charge >= 0.3 is 0 Å². The number of hydrogen-bond donors (Lipinski definition) is 6. The van der Waals surface area contributed by atoms with Gasteiger partial charge in [0.15, 0.2) is 0 Å². The van der Waals surface area contributed by atoms with Crippen LogP contribution in [0.3, 0.4) is 0 Å². The van der Waals surface area contributed by atoms with Gasteiger partial charge in [0.1, 0.15) is 32.6 Å². The van der Waals surface area contributed by atoms with E-state index in [2.05, 4.69) is 35.1 Å². The van der Waals surface area contributed by atoms with Crippen LogP contribution in [0.1, 0.15) is 84.5 Å². The molecule has 2 heterocycles. The van der Waals surface area contributed by atoms with Gasteiger partial charge in [-0.1, -0.05) is 81.7 Å². The third-order valence-electron chi connectivity index (χ3n) is 11.3. The van der Waals surface area contributed by atoms with Gasteiger partial charge in [0, 0.05) is 50.1 Å². The van der Waals surface area contributed by atoms with E-state index in [-0.39, 0.29) is 25.3 Å². The summed E-state index contributed by atoms with van der Waals surface area (Å²) in [7, 11) is 10.3. The number of carbonyl (C=O) groups excluding carboxylic acids is 7. The highest BCUT2D eigenvalue weighted by Crippen LogP contribution is 2.41. The lowest BCUT2D eigenvalue weighted by atomic mass is 9.82. The Hall–Kier alpha value is -5.54. The maximum absolute atomic E-state index is 14.3. The van der Waals surface area contributed by atoms with Crippen LogP contribution in [-0.4, -0.2) is 120 Å². The Morgan fingerprint density at radius 2 is 1.60 bits per heavy atom. The Balaban J connectivity index is 1.78. The van der Waals surface area contributed by atoms with Crippen LogP contribution >= 0.6 is 9.24 Å². The summed E-state index contributed by atoms with van der Waals surface area (Å²) < 4.78 is 2.06. The minimum atomic E-state index is -1.54. The molecule has 1 aromatic heterocycles. The van der Waals surface area contributed by atoms with Gasteiger partial charge in [0.05, 0.1) is 19.0 Å². The third kappa shape index (κ3) is 14.0. The average molecular weight is 885 g/mol. The number of aliphatic hydroxyl groups is 1. The van der Waals surface area contributed by atoms with Crippen LogP contribution < -0.4 is 37.8 Å². The van der Waals surface area contributed by atoms with Gasteiger partial charge in [-0.2, -0.15) is 0 Å². The molecule has 0 saturated carbocycles. The number of rotatable bonds is 11. The molecule has 18 heteroatoms. The molecular weight excluding hydrogens is 822 g/mol. The summed E-state index contributed by atoms with van der Waals surface area (Å²) in [5.74, 6) is -5.05. The summed E-state index contributed by atoms with van der Waals surface area (Å²) in [6.45, 7) is 9.92. The minimum Gasteiger partial charge on any atom is -0.387 e. The normalized spacial score (nSPS) is 21.6. The fourth-order valence-electron chi connectivity index (χ4n) is 7.74. The first-order valence-electron chi connectivity index (χ1n) is 21.1. The van der Waals surface area contributed by atoms with Gasteiger partial charge in [-0.05, 0) is 60.5 Å². The van der Waals surface area contributed by atoms with Crippen LogP contribution in [0, 0.1) is 11.3 Å². The number of primary amides is 1. The molecule has 1 saturated heterocycles. The first-order valence-corrected chi connectivity index (χ1v) is 21.7. The fourth-order valence-corrected chi connectivity index (χ4v) is 8.09. The number of aromatic nitrogens is 1. The van der Waals surface area contributed by atoms with Crippen LogP contribution in [0.25, 0.3) is 11.1 Å². The Bertz CT molecular complexity index is 2140. The van der Waals surface area contributed by atoms with Gasteiger partial charge in [-0.15, -0.1) is 9.24 Å². The number of aliphatic hydroxyl groups excluding tert-OH is 1. The molecule has 0 aliphatic carbocycles. The van der Waals surface area contributed by atoms with Crippen molar-refractivity contribution in [2.45, 2.75) is 104 Å². The molecule has 1 aliphatic heterocycles. The number of nitrogens with two attached hydrogens (primary N) is 1. The number of nitrogens with zero attached hydrogens (tertiary/aromatic N) is 3. The van der Waals surface area contributed by atoms with E-state index in [1.165, 1.54) is 18.9 Å². The van der Waals surface area contributed by atoms with E-state index >= 15 is 0 Å². The molecule has 0 bridgehead atoms. The van der Waals surface area contributed by atoms with Crippen molar-refractivity contribution in [1.82, 2.24) is 35.6 Å². The molecular formula is C45H62BN8O8P. The lowest BCUT2D eigenvalue weighted by Gasteiger charge is -2.41. The van der Waals surface area contributed by atoms with Crippen LogP contribution in [0.15, 0.2) is 60.8 Å². The number of carbonyl (C=O) groups is 7. The molecule has 7 N–H and O–H groups in total. The maximum atomic E-state index is 14.3. The molecule has 63 heavy (non-hydrogen) atoms. The maximum Gasteiger partial charge on any atom is 0.248 e. The number of amides is 7.